The normalized spacial score (nSPS) is 26.2. The molecular weight excluding hydrogens is 624 g/mol. The number of fused-ring (bicyclic) bond motifs is 1. The van der Waals surface area contributed by atoms with Gasteiger partial charge < -0.3 is 46.0 Å². The maximum absolute atomic E-state index is 14.4. The van der Waals surface area contributed by atoms with E-state index in [1.807, 2.05) is 19.9 Å². The molecule has 3 heterocycles. The summed E-state index contributed by atoms with van der Waals surface area (Å²) in [4.78, 5) is 98.5. The van der Waals surface area contributed by atoms with Gasteiger partial charge in [0.15, 0.2) is 0 Å². The lowest BCUT2D eigenvalue weighted by Crippen LogP contribution is -2.58. The summed E-state index contributed by atoms with van der Waals surface area (Å²) in [5.41, 5.74) is 0.733. The van der Waals surface area contributed by atoms with E-state index in [2.05, 4.69) is 21.3 Å². The third kappa shape index (κ3) is 8.99. The van der Waals surface area contributed by atoms with Gasteiger partial charge in [0, 0.05) is 46.2 Å². The summed E-state index contributed by atoms with van der Waals surface area (Å²) < 4.78 is 0. The molecule has 16 heteroatoms. The third-order valence-electron chi connectivity index (χ3n) is 8.70. The smallest absolute Gasteiger partial charge is 0.320 e. The number of rotatable bonds is 8. The lowest BCUT2D eigenvalue weighted by atomic mass is 10.0. The van der Waals surface area contributed by atoms with E-state index in [1.165, 1.54) is 21.7 Å². The number of urea groups is 1. The van der Waals surface area contributed by atoms with Crippen LogP contribution in [0.2, 0.25) is 0 Å². The molecule has 48 heavy (non-hydrogen) atoms. The second-order valence-corrected chi connectivity index (χ2v) is 13.1. The molecule has 0 saturated carbocycles. The average molecular weight is 671 g/mol. The molecule has 3 aliphatic rings. The Balaban J connectivity index is 1.67. The van der Waals surface area contributed by atoms with E-state index in [0.29, 0.717) is 13.1 Å². The molecule has 1 aromatic rings. The molecular formula is C32H46N8O8. The number of likely N-dealkylation sites (N-methyl/N-ethyl adjacent to an activating group) is 2. The monoisotopic (exact) mass is 670 g/mol. The van der Waals surface area contributed by atoms with Crippen LogP contribution in [0.5, 0.6) is 0 Å². The second-order valence-electron chi connectivity index (χ2n) is 13.1. The van der Waals surface area contributed by atoms with Gasteiger partial charge >= 0.3 is 6.03 Å². The Hall–Kier alpha value is -4.73. The summed E-state index contributed by atoms with van der Waals surface area (Å²) in [6, 6.07) is 3.22. The molecule has 3 fully saturated rings. The van der Waals surface area contributed by atoms with Crippen LogP contribution in [-0.2, 0) is 35.2 Å². The summed E-state index contributed by atoms with van der Waals surface area (Å²) in [5.74, 6) is -3.82. The molecule has 5 atom stereocenters. The number of carbonyl (C=O) groups excluding carboxylic acids is 7. The Morgan fingerprint density at radius 2 is 1.58 bits per heavy atom. The van der Waals surface area contributed by atoms with E-state index in [1.54, 1.807) is 31.3 Å². The van der Waals surface area contributed by atoms with Gasteiger partial charge in [-0.25, -0.2) is 4.79 Å². The van der Waals surface area contributed by atoms with Crippen LogP contribution in [0.4, 0.5) is 4.79 Å². The molecule has 0 unspecified atom stereocenters. The van der Waals surface area contributed by atoms with Crippen LogP contribution in [0.25, 0.3) is 0 Å². The topological polar surface area (TPSA) is 201 Å². The number of nitrogens with zero attached hydrogens (tertiary/aromatic N) is 4. The zero-order valence-electron chi connectivity index (χ0n) is 27.8. The number of nitrogens with one attached hydrogen (secondary N) is 4. The van der Waals surface area contributed by atoms with Crippen LogP contribution in [0.3, 0.4) is 0 Å². The van der Waals surface area contributed by atoms with Crippen molar-refractivity contribution >= 4 is 41.5 Å². The zero-order valence-corrected chi connectivity index (χ0v) is 27.8. The van der Waals surface area contributed by atoms with Crippen molar-refractivity contribution in [2.45, 2.75) is 63.3 Å². The fourth-order valence-corrected chi connectivity index (χ4v) is 6.21. The number of hydrogen-bond acceptors (Lipinski definition) is 8. The first-order chi connectivity index (χ1) is 22.8. The predicted octanol–water partition coefficient (Wildman–Crippen LogP) is -2.35. The zero-order chi connectivity index (χ0) is 35.1. The van der Waals surface area contributed by atoms with Gasteiger partial charge in [0.2, 0.25) is 35.4 Å². The number of amides is 8. The minimum Gasteiger partial charge on any atom is -0.394 e. The van der Waals surface area contributed by atoms with Gasteiger partial charge in [0.05, 0.1) is 13.2 Å². The van der Waals surface area contributed by atoms with Crippen molar-refractivity contribution in [3.63, 3.8) is 0 Å². The minimum atomic E-state index is -1.42. The van der Waals surface area contributed by atoms with E-state index < -0.39 is 78.8 Å². The molecule has 3 saturated heterocycles. The molecule has 1 aromatic carbocycles. The maximum Gasteiger partial charge on any atom is 0.320 e. The van der Waals surface area contributed by atoms with Crippen LogP contribution >= 0.6 is 0 Å². The molecule has 16 nitrogen and oxygen atoms in total. The van der Waals surface area contributed by atoms with Crippen molar-refractivity contribution in [3.8, 4) is 0 Å². The van der Waals surface area contributed by atoms with Gasteiger partial charge in [-0.1, -0.05) is 44.2 Å². The van der Waals surface area contributed by atoms with Crippen molar-refractivity contribution < 1.29 is 38.7 Å². The van der Waals surface area contributed by atoms with Gasteiger partial charge in [-0.2, -0.15) is 0 Å². The van der Waals surface area contributed by atoms with Gasteiger partial charge in [-0.05, 0) is 24.3 Å². The van der Waals surface area contributed by atoms with Crippen molar-refractivity contribution in [3.05, 3.63) is 35.9 Å². The van der Waals surface area contributed by atoms with Crippen LogP contribution < -0.4 is 21.3 Å². The fraction of sp³-hybridized carbons (Fsp3) is 0.594. The quantitative estimate of drug-likeness (QED) is 0.202. The summed E-state index contributed by atoms with van der Waals surface area (Å²) >= 11 is 0. The first kappa shape index (κ1) is 36.1. The van der Waals surface area contributed by atoms with E-state index in [9.17, 15) is 38.7 Å². The molecule has 5 N–H and O–H groups in total. The van der Waals surface area contributed by atoms with E-state index in [4.69, 9.17) is 0 Å². The number of benzene rings is 1. The second kappa shape index (κ2) is 15.9. The third-order valence-corrected chi connectivity index (χ3v) is 8.70. The summed E-state index contributed by atoms with van der Waals surface area (Å²) in [5, 5.41) is 20.9. The lowest BCUT2D eigenvalue weighted by molar-refractivity contribution is -0.143. The molecule has 0 aromatic heterocycles. The maximum atomic E-state index is 14.4. The summed E-state index contributed by atoms with van der Waals surface area (Å²) in [6.45, 7) is 3.10. The van der Waals surface area contributed by atoms with Gasteiger partial charge in [0.1, 0.15) is 30.7 Å². The highest BCUT2D eigenvalue weighted by atomic mass is 16.3. The summed E-state index contributed by atoms with van der Waals surface area (Å²) in [6.07, 6.45) is 0.290. The number of aliphatic hydroxyl groups is 1. The Morgan fingerprint density at radius 3 is 2.21 bits per heavy atom. The van der Waals surface area contributed by atoms with Crippen molar-refractivity contribution in [1.82, 2.24) is 40.9 Å². The highest BCUT2D eigenvalue weighted by Gasteiger charge is 2.44. The van der Waals surface area contributed by atoms with E-state index in [-0.39, 0.29) is 44.3 Å². The summed E-state index contributed by atoms with van der Waals surface area (Å²) in [7, 11) is 2.97. The van der Waals surface area contributed by atoms with Gasteiger partial charge in [-0.15, -0.1) is 0 Å². The van der Waals surface area contributed by atoms with Gasteiger partial charge in [-0.3, -0.25) is 28.8 Å². The van der Waals surface area contributed by atoms with Crippen molar-refractivity contribution in [1.29, 1.82) is 0 Å². The Bertz CT molecular complexity index is 1390. The highest BCUT2D eigenvalue weighted by molar-refractivity contribution is 5.97. The van der Waals surface area contributed by atoms with Crippen molar-refractivity contribution in [2.75, 3.05) is 53.4 Å². The van der Waals surface area contributed by atoms with Crippen LogP contribution in [0, 0.1) is 5.92 Å². The van der Waals surface area contributed by atoms with Crippen LogP contribution in [-0.4, -0.2) is 150 Å². The molecule has 0 radical (unpaired) electrons. The molecule has 0 aliphatic carbocycles. The standard InChI is InChI=1S/C32H46N8O8/c1-19(2)12-22-28(44)35-23(13-20-8-6-5-7-9-20)31(47)40-15-21(33-27(43)17-39-11-10-37(3)32(39)48)14-25(40)29(45)36-24(18-41)30(46)38(4)16-26(42)34-22/h5-9,19,21-25,41H,10-18H2,1-4H3,(H,33,43)(H,34,42)(H,35,44)(H,36,45)/t21-,22-,23-,24-,25-/m0/s1. The number of aliphatic hydroxyl groups excluding tert-OH is 1. The van der Waals surface area contributed by atoms with E-state index in [0.717, 1.165) is 10.5 Å². The lowest BCUT2D eigenvalue weighted by Gasteiger charge is -2.30. The first-order valence-corrected chi connectivity index (χ1v) is 16.2. The Morgan fingerprint density at radius 1 is 0.896 bits per heavy atom. The minimum absolute atomic E-state index is 0.0186. The van der Waals surface area contributed by atoms with Crippen molar-refractivity contribution in [2.24, 2.45) is 5.92 Å². The van der Waals surface area contributed by atoms with E-state index >= 15 is 0 Å². The largest absolute Gasteiger partial charge is 0.394 e. The molecule has 262 valence electrons. The van der Waals surface area contributed by atoms with Crippen LogP contribution in [0.1, 0.15) is 32.3 Å². The average Bonchev–Trinajstić information content (AvgIpc) is 3.60. The highest BCUT2D eigenvalue weighted by Crippen LogP contribution is 2.22. The molecule has 0 spiro atoms. The fourth-order valence-electron chi connectivity index (χ4n) is 6.21. The number of hydrogen-bond donors (Lipinski definition) is 5. The predicted molar refractivity (Wildman–Crippen MR) is 172 cm³/mol. The molecule has 0 bridgehead atoms. The van der Waals surface area contributed by atoms with Crippen LogP contribution in [0.15, 0.2) is 30.3 Å². The van der Waals surface area contributed by atoms with Gasteiger partial charge in [0.25, 0.3) is 0 Å². The number of carbonyl (C=O) groups is 7. The Labute approximate surface area is 279 Å². The molecule has 4 rings (SSSR count). The molecule has 8 amide bonds. The Kier molecular flexibility index (Phi) is 12.0. The SMILES string of the molecule is CC(C)C[C@@H]1NC(=O)CN(C)C(=O)[C@H](CO)NC(=O)[C@@H]2C[C@H](NC(=O)CN3CCN(C)C3=O)CN2C(=O)[C@H](Cc2ccccc2)NC1=O. The molecule has 3 aliphatic heterocycles. The first-order valence-electron chi connectivity index (χ1n) is 16.2.